The molecule has 2 aromatic heterocycles. The Labute approximate surface area is 208 Å². The first-order valence-corrected chi connectivity index (χ1v) is 12.7. The van der Waals surface area contributed by atoms with Gasteiger partial charge in [0.05, 0.1) is 5.56 Å². The Morgan fingerprint density at radius 2 is 1.77 bits per heavy atom. The number of piperidine rings is 1. The zero-order valence-electron chi connectivity index (χ0n) is 19.5. The first kappa shape index (κ1) is 24.3. The van der Waals surface area contributed by atoms with Gasteiger partial charge in [-0.05, 0) is 80.7 Å². The summed E-state index contributed by atoms with van der Waals surface area (Å²) in [5.41, 5.74) is 1.45. The van der Waals surface area contributed by atoms with E-state index in [9.17, 15) is 18.0 Å². The number of aryl methyl sites for hydroxylation is 2. The van der Waals surface area contributed by atoms with E-state index in [1.54, 1.807) is 16.8 Å². The van der Waals surface area contributed by atoms with Crippen LogP contribution in [-0.2, 0) is 13.0 Å². The van der Waals surface area contributed by atoms with E-state index < -0.39 is 12.0 Å². The van der Waals surface area contributed by atoms with Gasteiger partial charge >= 0.3 is 6.18 Å². The Morgan fingerprint density at radius 1 is 1.06 bits per heavy atom. The molecule has 0 aliphatic carbocycles. The summed E-state index contributed by atoms with van der Waals surface area (Å²) < 4.78 is 40.9. The number of rotatable bonds is 8. The number of Topliss-reactive ketones (excluding diaryl/α,β-unsaturated/α-hetero) is 1. The number of fused-ring (bicyclic) bond motifs is 3. The molecular weight excluding hydrogens is 475 g/mol. The van der Waals surface area contributed by atoms with Crippen LogP contribution >= 0.6 is 11.6 Å². The molecule has 4 heterocycles. The van der Waals surface area contributed by atoms with Crippen molar-refractivity contribution >= 4 is 28.4 Å². The summed E-state index contributed by atoms with van der Waals surface area (Å²) in [6, 6.07) is 12.4. The summed E-state index contributed by atoms with van der Waals surface area (Å²) in [5.74, 6) is -1.08. The number of alkyl halides is 3. The molecule has 3 aromatic rings. The molecule has 5 rings (SSSR count). The number of hydrogen-bond acceptors (Lipinski definition) is 3. The van der Waals surface area contributed by atoms with Crippen LogP contribution in [0.25, 0.3) is 11.0 Å². The van der Waals surface area contributed by atoms with Crippen LogP contribution in [0.1, 0.15) is 54.4 Å². The highest BCUT2D eigenvalue weighted by molar-refractivity contribution is 6.30. The zero-order valence-corrected chi connectivity index (χ0v) is 20.2. The second kappa shape index (κ2) is 9.94. The van der Waals surface area contributed by atoms with E-state index in [-0.39, 0.29) is 10.9 Å². The quantitative estimate of drug-likeness (QED) is 0.321. The number of ketones is 1. The highest BCUT2D eigenvalue weighted by Gasteiger charge is 2.41. The topological polar surface area (TPSA) is 38.1 Å². The molecule has 0 radical (unpaired) electrons. The monoisotopic (exact) mass is 503 g/mol. The Balaban J connectivity index is 1.18. The Hall–Kier alpha value is -2.38. The molecule has 2 fully saturated rings. The van der Waals surface area contributed by atoms with Gasteiger partial charge in [0.1, 0.15) is 5.65 Å². The lowest BCUT2D eigenvalue weighted by molar-refractivity contribution is -0.0884. The third-order valence-electron chi connectivity index (χ3n) is 7.69. The first-order valence-electron chi connectivity index (χ1n) is 12.3. The second-order valence-electron chi connectivity index (χ2n) is 9.92. The average molecular weight is 504 g/mol. The van der Waals surface area contributed by atoms with Gasteiger partial charge < -0.3 is 4.57 Å². The predicted molar refractivity (Wildman–Crippen MR) is 131 cm³/mol. The standard InChI is InChI=1S/C27H29ClF3N3O/c28-20-8-6-18(7-9-20)4-5-19-15-21-10-11-22(16-19)34(21)14-2-13-33-17-24(25(35)27(29,30)31)23-3-1-12-32-26(23)33/h1,3,6-9,12,17,19,21-22H,2,4-5,10-11,13-16H2. The van der Waals surface area contributed by atoms with Crippen LogP contribution in [0.15, 0.2) is 48.8 Å². The molecule has 0 N–H and O–H groups in total. The summed E-state index contributed by atoms with van der Waals surface area (Å²) in [4.78, 5) is 18.8. The molecule has 0 amide bonds. The van der Waals surface area contributed by atoms with Crippen LogP contribution in [0.5, 0.6) is 0 Å². The fourth-order valence-corrected chi connectivity index (χ4v) is 6.19. The van der Waals surface area contributed by atoms with Crippen LogP contribution in [0.4, 0.5) is 13.2 Å². The number of carbonyl (C=O) groups excluding carboxylic acids is 1. The van der Waals surface area contributed by atoms with E-state index >= 15 is 0 Å². The van der Waals surface area contributed by atoms with Gasteiger partial charge in [0.25, 0.3) is 5.78 Å². The lowest BCUT2D eigenvalue weighted by Crippen LogP contribution is -2.43. The van der Waals surface area contributed by atoms with Crippen molar-refractivity contribution in [2.75, 3.05) is 6.54 Å². The van der Waals surface area contributed by atoms with Crippen molar-refractivity contribution < 1.29 is 18.0 Å². The van der Waals surface area contributed by atoms with Gasteiger partial charge in [0.2, 0.25) is 0 Å². The molecule has 2 aliphatic rings. The highest BCUT2D eigenvalue weighted by atomic mass is 35.5. The van der Waals surface area contributed by atoms with Crippen molar-refractivity contribution in [2.24, 2.45) is 5.92 Å². The van der Waals surface area contributed by atoms with E-state index in [0.29, 0.717) is 24.3 Å². The minimum Gasteiger partial charge on any atom is -0.332 e. The van der Waals surface area contributed by atoms with Crippen molar-refractivity contribution in [3.63, 3.8) is 0 Å². The number of carbonyl (C=O) groups is 1. The SMILES string of the molecule is O=C(c1cn(CCCN2C3CCC2CC(CCc2ccc(Cl)cc2)C3)c2ncccc12)C(F)(F)F. The number of hydrogen-bond donors (Lipinski definition) is 0. The van der Waals surface area contributed by atoms with Crippen molar-refractivity contribution in [3.05, 3.63) is 64.9 Å². The molecule has 0 spiro atoms. The molecule has 2 aliphatic heterocycles. The van der Waals surface area contributed by atoms with Crippen LogP contribution in [-0.4, -0.2) is 45.0 Å². The van der Waals surface area contributed by atoms with Gasteiger partial charge in [-0.1, -0.05) is 23.7 Å². The smallest absolute Gasteiger partial charge is 0.332 e. The number of benzene rings is 1. The maximum absolute atomic E-state index is 13.1. The third-order valence-corrected chi connectivity index (χ3v) is 7.94. The van der Waals surface area contributed by atoms with Crippen LogP contribution in [0, 0.1) is 5.92 Å². The third kappa shape index (κ3) is 5.26. The molecule has 35 heavy (non-hydrogen) atoms. The molecule has 8 heteroatoms. The largest absolute Gasteiger partial charge is 0.454 e. The molecule has 0 saturated carbocycles. The van der Waals surface area contributed by atoms with Gasteiger partial charge in [-0.15, -0.1) is 0 Å². The van der Waals surface area contributed by atoms with Crippen molar-refractivity contribution in [2.45, 2.75) is 69.8 Å². The summed E-state index contributed by atoms with van der Waals surface area (Å²) >= 11 is 5.99. The van der Waals surface area contributed by atoms with Crippen molar-refractivity contribution in [1.82, 2.24) is 14.5 Å². The average Bonchev–Trinajstić information content (AvgIpc) is 3.31. The molecule has 186 valence electrons. The van der Waals surface area contributed by atoms with Crippen molar-refractivity contribution in [3.8, 4) is 0 Å². The summed E-state index contributed by atoms with van der Waals surface area (Å²) in [6.07, 6.45) is 5.92. The predicted octanol–water partition coefficient (Wildman–Crippen LogP) is 6.70. The van der Waals surface area contributed by atoms with E-state index in [1.165, 1.54) is 49.9 Å². The fraction of sp³-hybridized carbons (Fsp3) is 0.481. The summed E-state index contributed by atoms with van der Waals surface area (Å²) in [6.45, 7) is 1.45. The minimum absolute atomic E-state index is 0.261. The maximum atomic E-state index is 13.1. The normalized spacial score (nSPS) is 22.7. The maximum Gasteiger partial charge on any atom is 0.454 e. The zero-order chi connectivity index (χ0) is 24.6. The molecule has 2 atom stereocenters. The number of aromatic nitrogens is 2. The minimum atomic E-state index is -4.90. The molecule has 4 nitrogen and oxygen atoms in total. The molecule has 2 unspecified atom stereocenters. The second-order valence-corrected chi connectivity index (χ2v) is 10.4. The summed E-state index contributed by atoms with van der Waals surface area (Å²) in [7, 11) is 0. The van der Waals surface area contributed by atoms with Gasteiger partial charge in [0, 0.05) is 48.0 Å². The van der Waals surface area contributed by atoms with Gasteiger partial charge in [0.15, 0.2) is 0 Å². The van der Waals surface area contributed by atoms with Gasteiger partial charge in [-0.3, -0.25) is 9.69 Å². The van der Waals surface area contributed by atoms with E-state index in [1.807, 2.05) is 12.1 Å². The number of pyridine rings is 1. The van der Waals surface area contributed by atoms with Crippen LogP contribution in [0.2, 0.25) is 5.02 Å². The van der Waals surface area contributed by atoms with E-state index in [2.05, 4.69) is 22.0 Å². The van der Waals surface area contributed by atoms with Gasteiger partial charge in [-0.2, -0.15) is 13.2 Å². The Morgan fingerprint density at radius 3 is 2.46 bits per heavy atom. The van der Waals surface area contributed by atoms with Gasteiger partial charge in [-0.25, -0.2) is 4.98 Å². The number of halogens is 4. The molecular formula is C27H29ClF3N3O. The van der Waals surface area contributed by atoms with Crippen LogP contribution in [0.3, 0.4) is 0 Å². The number of nitrogens with zero attached hydrogens (tertiary/aromatic N) is 3. The molecule has 2 bridgehead atoms. The molecule has 1 aromatic carbocycles. The molecule has 2 saturated heterocycles. The van der Waals surface area contributed by atoms with Crippen LogP contribution < -0.4 is 0 Å². The lowest BCUT2D eigenvalue weighted by atomic mass is 9.86. The fourth-order valence-electron chi connectivity index (χ4n) is 6.06. The van der Waals surface area contributed by atoms with E-state index in [0.717, 1.165) is 30.3 Å². The first-order chi connectivity index (χ1) is 16.8. The Kier molecular flexibility index (Phi) is 6.91. The lowest BCUT2D eigenvalue weighted by Gasteiger charge is -2.39. The van der Waals surface area contributed by atoms with E-state index in [4.69, 9.17) is 11.6 Å². The summed E-state index contributed by atoms with van der Waals surface area (Å²) in [5, 5.41) is 1.03. The van der Waals surface area contributed by atoms with Crippen molar-refractivity contribution in [1.29, 1.82) is 0 Å². The Bertz CT molecular complexity index is 1180. The highest BCUT2D eigenvalue weighted by Crippen LogP contribution is 2.40.